The molecule has 0 radical (unpaired) electrons. The molecule has 0 aromatic heterocycles. The third-order valence-corrected chi connectivity index (χ3v) is 4.20. The van der Waals surface area contributed by atoms with Gasteiger partial charge in [-0.2, -0.15) is 0 Å². The van der Waals surface area contributed by atoms with Gasteiger partial charge in [-0.3, -0.25) is 0 Å². The Hall–Kier alpha value is -0.820. The minimum Gasteiger partial charge on any atom is -0.302 e. The Morgan fingerprint density at radius 1 is 0.947 bits per heavy atom. The van der Waals surface area contributed by atoms with Gasteiger partial charge in [0, 0.05) is 13.1 Å². The average Bonchev–Trinajstić information content (AvgIpc) is 2.24. The van der Waals surface area contributed by atoms with E-state index in [9.17, 15) is 0 Å². The van der Waals surface area contributed by atoms with Crippen LogP contribution < -0.4 is 0 Å². The molecule has 1 aromatic carbocycles. The van der Waals surface area contributed by atoms with Crippen molar-refractivity contribution in [1.29, 1.82) is 0 Å². The van der Waals surface area contributed by atoms with Gasteiger partial charge in [-0.05, 0) is 46.6 Å². The minimum atomic E-state index is 0.227. The number of nitrogens with zero attached hydrogens (tertiary/aromatic N) is 1. The molecular formula is C18H29N. The Morgan fingerprint density at radius 3 is 2.11 bits per heavy atom. The van der Waals surface area contributed by atoms with E-state index < -0.39 is 0 Å². The summed E-state index contributed by atoms with van der Waals surface area (Å²) in [5, 5.41) is 0. The van der Waals surface area contributed by atoms with Crippen molar-refractivity contribution in [1.82, 2.24) is 4.90 Å². The molecule has 0 saturated heterocycles. The molecule has 106 valence electrons. The quantitative estimate of drug-likeness (QED) is 0.672. The highest BCUT2D eigenvalue weighted by molar-refractivity contribution is 5.45. The summed E-state index contributed by atoms with van der Waals surface area (Å²) in [6.45, 7) is 16.2. The van der Waals surface area contributed by atoms with E-state index in [0.717, 1.165) is 6.54 Å². The van der Waals surface area contributed by atoms with E-state index in [1.807, 2.05) is 0 Å². The number of rotatable bonds is 0. The average molecular weight is 259 g/mol. The van der Waals surface area contributed by atoms with Crippen LogP contribution in [-0.4, -0.2) is 18.5 Å². The fourth-order valence-corrected chi connectivity index (χ4v) is 2.94. The van der Waals surface area contributed by atoms with E-state index in [-0.39, 0.29) is 10.8 Å². The van der Waals surface area contributed by atoms with Crippen molar-refractivity contribution < 1.29 is 0 Å². The lowest BCUT2D eigenvalue weighted by Gasteiger charge is -2.34. The summed E-state index contributed by atoms with van der Waals surface area (Å²) >= 11 is 0. The molecule has 1 aromatic rings. The first-order chi connectivity index (χ1) is 8.59. The molecule has 0 atom stereocenters. The van der Waals surface area contributed by atoms with Crippen LogP contribution in [0.5, 0.6) is 0 Å². The Kier molecular flexibility index (Phi) is 3.55. The van der Waals surface area contributed by atoms with E-state index in [1.165, 1.54) is 18.5 Å². The van der Waals surface area contributed by atoms with Crippen molar-refractivity contribution in [2.45, 2.75) is 65.3 Å². The van der Waals surface area contributed by atoms with Crippen LogP contribution >= 0.6 is 0 Å². The zero-order valence-electron chi connectivity index (χ0n) is 13.7. The number of benzene rings is 1. The fraction of sp³-hybridized carbons (Fsp3) is 0.667. The van der Waals surface area contributed by atoms with E-state index in [0.29, 0.717) is 0 Å². The van der Waals surface area contributed by atoms with Gasteiger partial charge in [0.2, 0.25) is 0 Å². The zero-order valence-corrected chi connectivity index (χ0v) is 13.7. The largest absolute Gasteiger partial charge is 0.302 e. The summed E-state index contributed by atoms with van der Waals surface area (Å²) < 4.78 is 0. The van der Waals surface area contributed by atoms with Gasteiger partial charge in [0.25, 0.3) is 0 Å². The van der Waals surface area contributed by atoms with Gasteiger partial charge in [-0.1, -0.05) is 53.7 Å². The lowest BCUT2D eigenvalue weighted by molar-refractivity contribution is 0.310. The lowest BCUT2D eigenvalue weighted by Crippen LogP contribution is -2.30. The molecule has 0 saturated carbocycles. The van der Waals surface area contributed by atoms with Crippen molar-refractivity contribution in [3.63, 3.8) is 0 Å². The topological polar surface area (TPSA) is 3.24 Å². The second kappa shape index (κ2) is 4.63. The number of hydrogen-bond donors (Lipinski definition) is 0. The highest BCUT2D eigenvalue weighted by Gasteiger charge is 2.26. The van der Waals surface area contributed by atoms with Gasteiger partial charge in [-0.15, -0.1) is 0 Å². The molecule has 19 heavy (non-hydrogen) atoms. The second-order valence-corrected chi connectivity index (χ2v) is 8.15. The fourth-order valence-electron chi connectivity index (χ4n) is 2.94. The summed E-state index contributed by atoms with van der Waals surface area (Å²) in [4.78, 5) is 2.43. The maximum atomic E-state index is 2.46. The number of fused-ring (bicyclic) bond motifs is 1. The van der Waals surface area contributed by atoms with Crippen LogP contribution in [0.3, 0.4) is 0 Å². The van der Waals surface area contributed by atoms with E-state index in [2.05, 4.69) is 65.6 Å². The van der Waals surface area contributed by atoms with Crippen LogP contribution in [0.2, 0.25) is 0 Å². The molecule has 1 heteroatoms. The van der Waals surface area contributed by atoms with E-state index in [4.69, 9.17) is 0 Å². The van der Waals surface area contributed by atoms with Crippen molar-refractivity contribution in [2.75, 3.05) is 13.6 Å². The summed E-state index contributed by atoms with van der Waals surface area (Å²) in [6, 6.07) is 4.91. The van der Waals surface area contributed by atoms with Crippen molar-refractivity contribution in [2.24, 2.45) is 0 Å². The molecule has 0 N–H and O–H groups in total. The predicted molar refractivity (Wildman–Crippen MR) is 83.9 cm³/mol. The molecule has 0 amide bonds. The molecule has 0 fully saturated rings. The van der Waals surface area contributed by atoms with Gasteiger partial charge >= 0.3 is 0 Å². The molecule has 0 unspecified atom stereocenters. The summed E-state index contributed by atoms with van der Waals surface area (Å²) in [7, 11) is 2.23. The molecule has 1 aliphatic rings. The van der Waals surface area contributed by atoms with Crippen molar-refractivity contribution >= 4 is 0 Å². The van der Waals surface area contributed by atoms with Gasteiger partial charge in [0.1, 0.15) is 0 Å². The summed E-state index contributed by atoms with van der Waals surface area (Å²) in [5.41, 5.74) is 6.66. The Bertz CT molecular complexity index is 472. The van der Waals surface area contributed by atoms with Crippen LogP contribution in [0, 0.1) is 0 Å². The van der Waals surface area contributed by atoms with Gasteiger partial charge in [0.15, 0.2) is 0 Å². The van der Waals surface area contributed by atoms with Gasteiger partial charge in [-0.25, -0.2) is 0 Å². The molecule has 0 aliphatic carbocycles. The first kappa shape index (κ1) is 14.6. The van der Waals surface area contributed by atoms with Crippen LogP contribution in [0.1, 0.15) is 63.8 Å². The normalized spacial score (nSPS) is 17.4. The third kappa shape index (κ3) is 3.02. The molecule has 1 aliphatic heterocycles. The zero-order chi connectivity index (χ0) is 14.4. The Morgan fingerprint density at radius 2 is 1.58 bits per heavy atom. The third-order valence-electron chi connectivity index (χ3n) is 4.20. The van der Waals surface area contributed by atoms with Crippen LogP contribution in [0.25, 0.3) is 0 Å². The summed E-state index contributed by atoms with van der Waals surface area (Å²) in [5.74, 6) is 0. The highest BCUT2D eigenvalue weighted by Crippen LogP contribution is 2.35. The molecule has 0 spiro atoms. The predicted octanol–water partition coefficient (Wildman–Crippen LogP) is 4.27. The first-order valence-electron chi connectivity index (χ1n) is 7.44. The Balaban J connectivity index is 2.62. The second-order valence-electron chi connectivity index (χ2n) is 8.15. The molecule has 2 rings (SSSR count). The number of likely N-dealkylation sites (N-methyl/N-ethyl adjacent to an activating group) is 1. The monoisotopic (exact) mass is 259 g/mol. The maximum absolute atomic E-state index is 2.46. The minimum absolute atomic E-state index is 0.227. The first-order valence-corrected chi connectivity index (χ1v) is 7.44. The van der Waals surface area contributed by atoms with Crippen LogP contribution in [-0.2, 0) is 23.8 Å². The highest BCUT2D eigenvalue weighted by atomic mass is 15.1. The van der Waals surface area contributed by atoms with Crippen LogP contribution in [0.4, 0.5) is 0 Å². The van der Waals surface area contributed by atoms with Gasteiger partial charge in [0.05, 0.1) is 0 Å². The van der Waals surface area contributed by atoms with Gasteiger partial charge < -0.3 is 4.90 Å². The van der Waals surface area contributed by atoms with Crippen LogP contribution in [0.15, 0.2) is 12.1 Å². The standard InChI is InChI=1S/C18H29N/c1-17(2,3)14-10-13-12-19(7)9-8-15(13)16(11-14)18(4,5)6/h10-11H,8-9,12H2,1-7H3. The Labute approximate surface area is 119 Å². The summed E-state index contributed by atoms with van der Waals surface area (Å²) in [6.07, 6.45) is 1.20. The molecule has 1 heterocycles. The number of hydrogen-bond acceptors (Lipinski definition) is 1. The maximum Gasteiger partial charge on any atom is 0.0233 e. The van der Waals surface area contributed by atoms with Crippen molar-refractivity contribution in [3.05, 3.63) is 34.4 Å². The smallest absolute Gasteiger partial charge is 0.0233 e. The lowest BCUT2D eigenvalue weighted by atomic mass is 9.75. The van der Waals surface area contributed by atoms with E-state index in [1.54, 1.807) is 16.7 Å². The molecule has 1 nitrogen and oxygen atoms in total. The van der Waals surface area contributed by atoms with E-state index >= 15 is 0 Å². The molecule has 0 bridgehead atoms. The molecular weight excluding hydrogens is 230 g/mol. The van der Waals surface area contributed by atoms with Crippen molar-refractivity contribution in [3.8, 4) is 0 Å². The SMILES string of the molecule is CN1CCc2c(cc(C(C)(C)C)cc2C(C)(C)C)C1.